The van der Waals surface area contributed by atoms with E-state index in [9.17, 15) is 0 Å². The fraction of sp³-hybridized carbons (Fsp3) is 0.0909. The van der Waals surface area contributed by atoms with Gasteiger partial charge in [0.25, 0.3) is 0 Å². The maximum absolute atomic E-state index is 6.07. The van der Waals surface area contributed by atoms with E-state index in [1.54, 1.807) is 6.07 Å². The van der Waals surface area contributed by atoms with Gasteiger partial charge in [0.1, 0.15) is 18.0 Å². The largest absolute Gasteiger partial charge is 0.384 e. The maximum Gasteiger partial charge on any atom is 0.135 e. The van der Waals surface area contributed by atoms with Crippen LogP contribution >= 0.6 is 27.5 Å². The predicted octanol–water partition coefficient (Wildman–Crippen LogP) is 3.53. The van der Waals surface area contributed by atoms with Gasteiger partial charge in [-0.3, -0.25) is 0 Å². The first-order valence-corrected chi connectivity index (χ1v) is 6.03. The number of nitrogens with two attached hydrogens (primary N) is 1. The molecule has 0 spiro atoms. The SMILES string of the molecule is Cc1cc(Br)c(Nc2cc(N)ncn2)cc1Cl. The van der Waals surface area contributed by atoms with Crippen molar-refractivity contribution in [2.75, 3.05) is 11.1 Å². The first-order valence-electron chi connectivity index (χ1n) is 4.86. The van der Waals surface area contributed by atoms with Crippen LogP contribution in [0, 0.1) is 6.92 Å². The van der Waals surface area contributed by atoms with Gasteiger partial charge in [0, 0.05) is 15.6 Å². The number of halogens is 2. The number of aryl methyl sites for hydroxylation is 1. The Morgan fingerprint density at radius 2 is 2.06 bits per heavy atom. The molecule has 6 heteroatoms. The monoisotopic (exact) mass is 312 g/mol. The molecule has 4 nitrogen and oxygen atoms in total. The van der Waals surface area contributed by atoms with Crippen molar-refractivity contribution >= 4 is 44.9 Å². The molecule has 0 unspecified atom stereocenters. The van der Waals surface area contributed by atoms with Gasteiger partial charge in [-0.1, -0.05) is 11.6 Å². The summed E-state index contributed by atoms with van der Waals surface area (Å²) in [6, 6.07) is 5.43. The van der Waals surface area contributed by atoms with Gasteiger partial charge >= 0.3 is 0 Å². The molecule has 2 rings (SSSR count). The predicted molar refractivity (Wildman–Crippen MR) is 73.6 cm³/mol. The van der Waals surface area contributed by atoms with Crippen LogP contribution in [0.5, 0.6) is 0 Å². The molecule has 0 atom stereocenters. The quantitative estimate of drug-likeness (QED) is 0.890. The lowest BCUT2D eigenvalue weighted by Gasteiger charge is -2.09. The van der Waals surface area contributed by atoms with E-state index >= 15 is 0 Å². The highest BCUT2D eigenvalue weighted by Gasteiger charge is 2.05. The summed E-state index contributed by atoms with van der Waals surface area (Å²) in [6.07, 6.45) is 1.40. The van der Waals surface area contributed by atoms with Crippen molar-refractivity contribution in [3.8, 4) is 0 Å². The summed E-state index contributed by atoms with van der Waals surface area (Å²) >= 11 is 9.53. The molecule has 2 aromatic rings. The summed E-state index contributed by atoms with van der Waals surface area (Å²) in [5.41, 5.74) is 7.41. The number of nitrogen functional groups attached to an aromatic ring is 1. The molecule has 1 aromatic carbocycles. The van der Waals surface area contributed by atoms with Crippen molar-refractivity contribution in [2.45, 2.75) is 6.92 Å². The summed E-state index contributed by atoms with van der Waals surface area (Å²) in [5, 5.41) is 3.81. The minimum Gasteiger partial charge on any atom is -0.384 e. The normalized spacial score (nSPS) is 10.3. The molecule has 0 saturated heterocycles. The summed E-state index contributed by atoms with van der Waals surface area (Å²) in [7, 11) is 0. The lowest BCUT2D eigenvalue weighted by molar-refractivity contribution is 1.17. The number of aromatic nitrogens is 2. The Hall–Kier alpha value is -1.33. The number of benzene rings is 1. The van der Waals surface area contributed by atoms with Crippen molar-refractivity contribution in [1.82, 2.24) is 9.97 Å². The number of hydrogen-bond donors (Lipinski definition) is 2. The minimum absolute atomic E-state index is 0.414. The molecule has 0 bridgehead atoms. The van der Waals surface area contributed by atoms with Crippen molar-refractivity contribution in [3.63, 3.8) is 0 Å². The first-order chi connectivity index (χ1) is 8.06. The highest BCUT2D eigenvalue weighted by atomic mass is 79.9. The van der Waals surface area contributed by atoms with E-state index in [4.69, 9.17) is 17.3 Å². The zero-order valence-electron chi connectivity index (χ0n) is 9.04. The van der Waals surface area contributed by atoms with Crippen molar-refractivity contribution < 1.29 is 0 Å². The van der Waals surface area contributed by atoms with Gasteiger partial charge in [0.2, 0.25) is 0 Å². The lowest BCUT2D eigenvalue weighted by atomic mass is 10.2. The molecule has 0 radical (unpaired) electrons. The molecule has 0 saturated carbocycles. The minimum atomic E-state index is 0.414. The zero-order valence-corrected chi connectivity index (χ0v) is 11.4. The second kappa shape index (κ2) is 4.89. The third kappa shape index (κ3) is 2.87. The van der Waals surface area contributed by atoms with Gasteiger partial charge in [-0.05, 0) is 40.5 Å². The van der Waals surface area contributed by atoms with Crippen LogP contribution in [-0.2, 0) is 0 Å². The Morgan fingerprint density at radius 1 is 1.29 bits per heavy atom. The highest BCUT2D eigenvalue weighted by molar-refractivity contribution is 9.10. The summed E-state index contributed by atoms with van der Waals surface area (Å²) in [4.78, 5) is 7.89. The van der Waals surface area contributed by atoms with E-state index in [-0.39, 0.29) is 0 Å². The van der Waals surface area contributed by atoms with Gasteiger partial charge in [0.15, 0.2) is 0 Å². The molecule has 0 aliphatic heterocycles. The van der Waals surface area contributed by atoms with Gasteiger partial charge < -0.3 is 11.1 Å². The zero-order chi connectivity index (χ0) is 12.4. The first kappa shape index (κ1) is 12.1. The molecule has 1 aromatic heterocycles. The van der Waals surface area contributed by atoms with Crippen molar-refractivity contribution in [2.24, 2.45) is 0 Å². The Labute approximate surface area is 112 Å². The Morgan fingerprint density at radius 3 is 2.76 bits per heavy atom. The highest BCUT2D eigenvalue weighted by Crippen LogP contribution is 2.30. The smallest absolute Gasteiger partial charge is 0.135 e. The van der Waals surface area contributed by atoms with Gasteiger partial charge in [0.05, 0.1) is 5.69 Å². The number of nitrogens with zero attached hydrogens (tertiary/aromatic N) is 2. The molecule has 88 valence electrons. The van der Waals surface area contributed by atoms with E-state index in [0.29, 0.717) is 16.7 Å². The third-order valence-corrected chi connectivity index (χ3v) is 3.26. The van der Waals surface area contributed by atoms with Crippen LogP contribution in [-0.4, -0.2) is 9.97 Å². The van der Waals surface area contributed by atoms with Crippen LogP contribution in [0.25, 0.3) is 0 Å². The van der Waals surface area contributed by atoms with E-state index in [1.807, 2.05) is 19.1 Å². The van der Waals surface area contributed by atoms with Crippen LogP contribution in [0.1, 0.15) is 5.56 Å². The van der Waals surface area contributed by atoms with E-state index in [2.05, 4.69) is 31.2 Å². The summed E-state index contributed by atoms with van der Waals surface area (Å²) in [5.74, 6) is 1.04. The number of hydrogen-bond acceptors (Lipinski definition) is 4. The molecule has 0 amide bonds. The third-order valence-electron chi connectivity index (χ3n) is 2.20. The molecule has 0 aliphatic rings. The average molecular weight is 314 g/mol. The number of anilines is 3. The van der Waals surface area contributed by atoms with Crippen LogP contribution in [0.3, 0.4) is 0 Å². The van der Waals surface area contributed by atoms with Gasteiger partial charge in [-0.25, -0.2) is 9.97 Å². The maximum atomic E-state index is 6.07. The van der Waals surface area contributed by atoms with E-state index in [0.717, 1.165) is 15.7 Å². The Balaban J connectivity index is 2.33. The number of rotatable bonds is 2. The molecule has 0 aliphatic carbocycles. The fourth-order valence-electron chi connectivity index (χ4n) is 1.32. The van der Waals surface area contributed by atoms with Gasteiger partial charge in [-0.15, -0.1) is 0 Å². The molecule has 3 N–H and O–H groups in total. The van der Waals surface area contributed by atoms with Crippen LogP contribution in [0.4, 0.5) is 17.3 Å². The second-order valence-corrected chi connectivity index (χ2v) is 4.80. The van der Waals surface area contributed by atoms with Crippen LogP contribution < -0.4 is 11.1 Å². The summed E-state index contributed by atoms with van der Waals surface area (Å²) < 4.78 is 0.914. The fourth-order valence-corrected chi connectivity index (χ4v) is 2.04. The average Bonchev–Trinajstić information content (AvgIpc) is 2.26. The standard InChI is InChI=1S/C11H10BrClN4/c1-6-2-7(12)9(3-8(6)13)17-11-4-10(14)15-5-16-11/h2-5H,1H3,(H3,14,15,16,17). The van der Waals surface area contributed by atoms with Crippen LogP contribution in [0.15, 0.2) is 29.0 Å². The van der Waals surface area contributed by atoms with Crippen molar-refractivity contribution in [3.05, 3.63) is 39.6 Å². The molecule has 0 fully saturated rings. The van der Waals surface area contributed by atoms with E-state index < -0.39 is 0 Å². The topological polar surface area (TPSA) is 63.8 Å². The summed E-state index contributed by atoms with van der Waals surface area (Å²) in [6.45, 7) is 1.94. The van der Waals surface area contributed by atoms with Crippen molar-refractivity contribution in [1.29, 1.82) is 0 Å². The molecule has 1 heterocycles. The molecular weight excluding hydrogens is 304 g/mol. The Kier molecular flexibility index (Phi) is 3.49. The number of nitrogens with one attached hydrogen (secondary N) is 1. The molecule has 17 heavy (non-hydrogen) atoms. The van der Waals surface area contributed by atoms with Gasteiger partial charge in [-0.2, -0.15) is 0 Å². The Bertz CT molecular complexity index is 559. The van der Waals surface area contributed by atoms with E-state index in [1.165, 1.54) is 6.33 Å². The van der Waals surface area contributed by atoms with Crippen LogP contribution in [0.2, 0.25) is 5.02 Å². The molecular formula is C11H10BrClN4. The second-order valence-electron chi connectivity index (χ2n) is 3.53. The lowest BCUT2D eigenvalue weighted by Crippen LogP contribution is -1.98.